The Bertz CT molecular complexity index is 340. The summed E-state index contributed by atoms with van der Waals surface area (Å²) in [5.74, 6) is -0.0736. The van der Waals surface area contributed by atoms with Gasteiger partial charge in [0, 0.05) is 12.1 Å². The van der Waals surface area contributed by atoms with Gasteiger partial charge in [-0.3, -0.25) is 4.79 Å². The smallest absolute Gasteiger partial charge is 0.315 e. The third kappa shape index (κ3) is 3.19. The predicted molar refractivity (Wildman–Crippen MR) is 71.6 cm³/mol. The molecular weight excluding hydrogens is 244 g/mol. The molecule has 1 saturated carbocycles. The van der Waals surface area contributed by atoms with E-state index in [-0.39, 0.29) is 30.0 Å². The minimum Gasteiger partial charge on any atom is -0.466 e. The van der Waals surface area contributed by atoms with Gasteiger partial charge in [-0.15, -0.1) is 0 Å². The summed E-state index contributed by atoms with van der Waals surface area (Å²) in [6.07, 6.45) is 5.82. The van der Waals surface area contributed by atoms with E-state index < -0.39 is 0 Å². The van der Waals surface area contributed by atoms with Crippen LogP contribution in [0.5, 0.6) is 0 Å². The first-order valence-corrected chi connectivity index (χ1v) is 7.37. The fraction of sp³-hybridized carbons (Fsp3) is 0.857. The minimum atomic E-state index is -0.277. The lowest BCUT2D eigenvalue weighted by molar-refractivity contribution is -0.151. The van der Waals surface area contributed by atoms with E-state index in [1.54, 1.807) is 0 Å². The zero-order chi connectivity index (χ0) is 13.8. The molecule has 2 fully saturated rings. The molecule has 1 heterocycles. The van der Waals surface area contributed by atoms with Crippen molar-refractivity contribution in [1.82, 2.24) is 10.6 Å². The summed E-state index contributed by atoms with van der Waals surface area (Å²) >= 11 is 0. The van der Waals surface area contributed by atoms with Crippen molar-refractivity contribution < 1.29 is 14.3 Å². The van der Waals surface area contributed by atoms with Gasteiger partial charge in [0.25, 0.3) is 0 Å². The van der Waals surface area contributed by atoms with Crippen molar-refractivity contribution >= 4 is 12.0 Å². The average Bonchev–Trinajstić information content (AvgIpc) is 2.39. The van der Waals surface area contributed by atoms with Crippen LogP contribution in [0.2, 0.25) is 0 Å². The number of nitrogens with one attached hydrogen (secondary N) is 2. The van der Waals surface area contributed by atoms with Crippen molar-refractivity contribution in [1.29, 1.82) is 0 Å². The molecule has 19 heavy (non-hydrogen) atoms. The number of carbonyl (C=O) groups excluding carboxylic acids is 2. The standard InChI is InChI=1S/C14H24N2O3/c1-3-19-13(17)11-9(2)15-14(18)16-12(11)10-7-5-4-6-8-10/h9-12H,3-8H2,1-2H3,(H2,15,16,18). The molecular formula is C14H24N2O3. The lowest BCUT2D eigenvalue weighted by atomic mass is 9.75. The summed E-state index contributed by atoms with van der Waals surface area (Å²) in [5.41, 5.74) is 0. The number of hydrogen-bond donors (Lipinski definition) is 2. The molecule has 0 radical (unpaired) electrons. The lowest BCUT2D eigenvalue weighted by Crippen LogP contribution is -2.64. The van der Waals surface area contributed by atoms with Crippen LogP contribution in [0.25, 0.3) is 0 Å². The first-order chi connectivity index (χ1) is 9.13. The van der Waals surface area contributed by atoms with Crippen LogP contribution in [0.15, 0.2) is 0 Å². The molecule has 108 valence electrons. The van der Waals surface area contributed by atoms with Crippen LogP contribution in [0.4, 0.5) is 4.79 Å². The molecule has 3 unspecified atom stereocenters. The Kier molecular flexibility index (Phi) is 4.66. The van der Waals surface area contributed by atoms with Gasteiger partial charge in [-0.25, -0.2) is 4.79 Å². The maximum Gasteiger partial charge on any atom is 0.315 e. The van der Waals surface area contributed by atoms with E-state index in [0.29, 0.717) is 12.5 Å². The lowest BCUT2D eigenvalue weighted by Gasteiger charge is -2.41. The zero-order valence-electron chi connectivity index (χ0n) is 11.8. The summed E-state index contributed by atoms with van der Waals surface area (Å²) in [4.78, 5) is 23.8. The van der Waals surface area contributed by atoms with Crippen LogP contribution in [-0.4, -0.2) is 30.7 Å². The van der Waals surface area contributed by atoms with E-state index in [2.05, 4.69) is 10.6 Å². The average molecular weight is 268 g/mol. The molecule has 0 bridgehead atoms. The maximum atomic E-state index is 12.2. The van der Waals surface area contributed by atoms with E-state index >= 15 is 0 Å². The molecule has 2 N–H and O–H groups in total. The summed E-state index contributed by atoms with van der Waals surface area (Å²) in [5, 5.41) is 5.74. The molecule has 0 aromatic rings. The molecule has 1 aliphatic carbocycles. The minimum absolute atomic E-state index is 0.0805. The van der Waals surface area contributed by atoms with Crippen molar-refractivity contribution in [3.63, 3.8) is 0 Å². The Morgan fingerprint density at radius 1 is 1.26 bits per heavy atom. The highest BCUT2D eigenvalue weighted by Crippen LogP contribution is 2.32. The molecule has 0 spiro atoms. The van der Waals surface area contributed by atoms with Crippen LogP contribution in [0.1, 0.15) is 46.0 Å². The normalized spacial score (nSPS) is 32.3. The molecule has 5 nitrogen and oxygen atoms in total. The number of carbonyl (C=O) groups is 2. The Morgan fingerprint density at radius 3 is 2.58 bits per heavy atom. The maximum absolute atomic E-state index is 12.2. The van der Waals surface area contributed by atoms with Crippen LogP contribution >= 0.6 is 0 Å². The van der Waals surface area contributed by atoms with E-state index in [0.717, 1.165) is 12.8 Å². The Balaban J connectivity index is 2.13. The number of ether oxygens (including phenoxy) is 1. The predicted octanol–water partition coefficient (Wildman–Crippen LogP) is 1.82. The van der Waals surface area contributed by atoms with Gasteiger partial charge < -0.3 is 15.4 Å². The topological polar surface area (TPSA) is 67.4 Å². The zero-order valence-corrected chi connectivity index (χ0v) is 11.8. The van der Waals surface area contributed by atoms with Gasteiger partial charge in [0.2, 0.25) is 0 Å². The third-order valence-electron chi connectivity index (χ3n) is 4.30. The number of rotatable bonds is 3. The highest BCUT2D eigenvalue weighted by Gasteiger charge is 2.43. The van der Waals surface area contributed by atoms with Crippen LogP contribution in [-0.2, 0) is 9.53 Å². The SMILES string of the molecule is CCOC(=O)C1C(C)NC(=O)NC1C1CCCCC1. The fourth-order valence-corrected chi connectivity index (χ4v) is 3.38. The third-order valence-corrected chi connectivity index (χ3v) is 4.30. The summed E-state index contributed by atoms with van der Waals surface area (Å²) in [6, 6.07) is -0.411. The first kappa shape index (κ1) is 14.2. The Hall–Kier alpha value is -1.26. The van der Waals surface area contributed by atoms with Crippen molar-refractivity contribution in [2.45, 2.75) is 58.0 Å². The number of esters is 1. The fourth-order valence-electron chi connectivity index (χ4n) is 3.38. The van der Waals surface area contributed by atoms with Crippen LogP contribution in [0.3, 0.4) is 0 Å². The summed E-state index contributed by atoms with van der Waals surface area (Å²) < 4.78 is 5.18. The van der Waals surface area contributed by atoms with E-state index in [1.165, 1.54) is 19.3 Å². The van der Waals surface area contributed by atoms with Crippen molar-refractivity contribution in [3.8, 4) is 0 Å². The first-order valence-electron chi connectivity index (χ1n) is 7.37. The van der Waals surface area contributed by atoms with Crippen molar-refractivity contribution in [2.75, 3.05) is 6.61 Å². The molecule has 5 heteroatoms. The summed E-state index contributed by atoms with van der Waals surface area (Å²) in [6.45, 7) is 4.08. The van der Waals surface area contributed by atoms with Crippen LogP contribution < -0.4 is 10.6 Å². The van der Waals surface area contributed by atoms with Gasteiger partial charge >= 0.3 is 12.0 Å². The molecule has 1 saturated heterocycles. The Morgan fingerprint density at radius 2 is 1.95 bits per heavy atom. The van der Waals surface area contributed by atoms with E-state index in [9.17, 15) is 9.59 Å². The van der Waals surface area contributed by atoms with Crippen molar-refractivity contribution in [2.24, 2.45) is 11.8 Å². The number of urea groups is 1. The van der Waals surface area contributed by atoms with Gasteiger partial charge in [0.15, 0.2) is 0 Å². The number of hydrogen-bond acceptors (Lipinski definition) is 3. The molecule has 2 rings (SSSR count). The summed E-state index contributed by atoms with van der Waals surface area (Å²) in [7, 11) is 0. The molecule has 0 aromatic carbocycles. The second-order valence-electron chi connectivity index (χ2n) is 5.61. The Labute approximate surface area is 114 Å². The highest BCUT2D eigenvalue weighted by atomic mass is 16.5. The molecule has 2 amide bonds. The van der Waals surface area contributed by atoms with Gasteiger partial charge in [0.1, 0.15) is 0 Å². The monoisotopic (exact) mass is 268 g/mol. The van der Waals surface area contributed by atoms with Gasteiger partial charge in [-0.05, 0) is 32.6 Å². The largest absolute Gasteiger partial charge is 0.466 e. The quantitative estimate of drug-likeness (QED) is 0.767. The molecule has 3 atom stereocenters. The van der Waals surface area contributed by atoms with Crippen molar-refractivity contribution in [3.05, 3.63) is 0 Å². The molecule has 0 aromatic heterocycles. The van der Waals surface area contributed by atoms with Gasteiger partial charge in [-0.1, -0.05) is 19.3 Å². The highest BCUT2D eigenvalue weighted by molar-refractivity contribution is 5.81. The second kappa shape index (κ2) is 6.26. The van der Waals surface area contributed by atoms with E-state index in [1.807, 2.05) is 13.8 Å². The molecule has 2 aliphatic rings. The molecule has 1 aliphatic heterocycles. The van der Waals surface area contributed by atoms with Crippen LogP contribution in [0, 0.1) is 11.8 Å². The van der Waals surface area contributed by atoms with E-state index in [4.69, 9.17) is 4.74 Å². The number of amides is 2. The van der Waals surface area contributed by atoms with Gasteiger partial charge in [-0.2, -0.15) is 0 Å². The van der Waals surface area contributed by atoms with Gasteiger partial charge in [0.05, 0.1) is 12.5 Å². The second-order valence-corrected chi connectivity index (χ2v) is 5.61.